The van der Waals surface area contributed by atoms with Gasteiger partial charge in [0.2, 0.25) is 5.91 Å². The molecule has 9 heteroatoms. The molecule has 0 radical (unpaired) electrons. The molecule has 0 fully saturated rings. The number of hydrogen-bond donors (Lipinski definition) is 4. The number of phosphoric ester groups is 1. The minimum Gasteiger partial charge on any atom is -0.387 e. The molecule has 1 amide bonds. The maximum Gasteiger partial charge on any atom is 0.472 e. The van der Waals surface area contributed by atoms with Gasteiger partial charge in [0.05, 0.1) is 25.4 Å². The van der Waals surface area contributed by atoms with Gasteiger partial charge < -0.3 is 21.1 Å². The minimum absolute atomic E-state index is 0.0692. The molecular weight excluding hydrogens is 647 g/mol. The van der Waals surface area contributed by atoms with E-state index >= 15 is 0 Å². The number of allylic oxidation sites excluding steroid dienone is 7. The first-order valence-electron chi connectivity index (χ1n) is 20.3. The van der Waals surface area contributed by atoms with Gasteiger partial charge in [0, 0.05) is 13.0 Å². The van der Waals surface area contributed by atoms with E-state index in [1.807, 2.05) is 6.08 Å². The number of rotatable bonds is 37. The van der Waals surface area contributed by atoms with Crippen LogP contribution in [-0.2, 0) is 18.4 Å². The highest BCUT2D eigenvalue weighted by Crippen LogP contribution is 2.43. The average molecular weight is 725 g/mol. The van der Waals surface area contributed by atoms with Crippen LogP contribution in [-0.4, -0.2) is 47.8 Å². The highest BCUT2D eigenvalue weighted by atomic mass is 31.2. The van der Waals surface area contributed by atoms with Crippen LogP contribution < -0.4 is 11.1 Å². The molecule has 0 aliphatic rings. The van der Waals surface area contributed by atoms with Crippen molar-refractivity contribution in [1.29, 1.82) is 0 Å². The number of nitrogens with one attached hydrogen (secondary N) is 1. The summed E-state index contributed by atoms with van der Waals surface area (Å²) in [7, 11) is -4.35. The molecule has 0 aliphatic heterocycles. The molecule has 0 spiro atoms. The van der Waals surface area contributed by atoms with Gasteiger partial charge in [0.25, 0.3) is 0 Å². The molecule has 3 unspecified atom stereocenters. The zero-order chi connectivity index (χ0) is 36.8. The molecule has 0 aromatic carbocycles. The van der Waals surface area contributed by atoms with Gasteiger partial charge in [-0.05, 0) is 70.6 Å². The fourth-order valence-corrected chi connectivity index (χ4v) is 6.27. The molecule has 0 rings (SSSR count). The van der Waals surface area contributed by atoms with Crippen LogP contribution in [0.25, 0.3) is 0 Å². The number of unbranched alkanes of at least 4 members (excludes halogenated alkanes) is 19. The summed E-state index contributed by atoms with van der Waals surface area (Å²) in [6.45, 7) is 4.07. The first-order chi connectivity index (χ1) is 24.4. The van der Waals surface area contributed by atoms with E-state index in [-0.39, 0.29) is 25.7 Å². The summed E-state index contributed by atoms with van der Waals surface area (Å²) in [5.41, 5.74) is 5.36. The lowest BCUT2D eigenvalue weighted by molar-refractivity contribution is -0.123. The predicted molar refractivity (Wildman–Crippen MR) is 212 cm³/mol. The van der Waals surface area contributed by atoms with Crippen LogP contribution in [0.15, 0.2) is 48.6 Å². The average Bonchev–Trinajstić information content (AvgIpc) is 3.10. The Morgan fingerprint density at radius 2 is 1.06 bits per heavy atom. The number of carbonyl (C=O) groups excluding carboxylic acids is 1. The lowest BCUT2D eigenvalue weighted by atomic mass is 10.1. The van der Waals surface area contributed by atoms with E-state index < -0.39 is 20.0 Å². The number of aliphatic hydroxyl groups is 1. The van der Waals surface area contributed by atoms with E-state index in [2.05, 4.69) is 55.6 Å². The number of amides is 1. The van der Waals surface area contributed by atoms with Crippen molar-refractivity contribution < 1.29 is 28.4 Å². The summed E-state index contributed by atoms with van der Waals surface area (Å²) in [6, 6.07) is -0.887. The molecule has 0 aromatic rings. The van der Waals surface area contributed by atoms with Crippen molar-refractivity contribution in [2.75, 3.05) is 19.8 Å². The van der Waals surface area contributed by atoms with Crippen molar-refractivity contribution >= 4 is 13.7 Å². The van der Waals surface area contributed by atoms with E-state index in [1.165, 1.54) is 89.9 Å². The van der Waals surface area contributed by atoms with Gasteiger partial charge >= 0.3 is 7.82 Å². The van der Waals surface area contributed by atoms with Gasteiger partial charge in [-0.1, -0.05) is 146 Å². The first kappa shape index (κ1) is 48.5. The fraction of sp³-hybridized carbons (Fsp3) is 0.780. The van der Waals surface area contributed by atoms with Gasteiger partial charge in [-0.3, -0.25) is 13.8 Å². The molecule has 0 aromatic heterocycles. The molecule has 50 heavy (non-hydrogen) atoms. The van der Waals surface area contributed by atoms with Crippen LogP contribution in [0.1, 0.15) is 174 Å². The molecule has 0 heterocycles. The Kier molecular flexibility index (Phi) is 36.1. The van der Waals surface area contributed by atoms with E-state index in [4.69, 9.17) is 14.8 Å². The van der Waals surface area contributed by atoms with Gasteiger partial charge in [-0.2, -0.15) is 0 Å². The maximum absolute atomic E-state index is 12.7. The predicted octanol–water partition coefficient (Wildman–Crippen LogP) is 10.9. The highest BCUT2D eigenvalue weighted by molar-refractivity contribution is 7.47. The van der Waals surface area contributed by atoms with E-state index in [0.717, 1.165) is 64.2 Å². The smallest absolute Gasteiger partial charge is 0.387 e. The Bertz CT molecular complexity index is 923. The number of carbonyl (C=O) groups is 1. The molecule has 3 atom stereocenters. The van der Waals surface area contributed by atoms with Crippen LogP contribution in [0.3, 0.4) is 0 Å². The van der Waals surface area contributed by atoms with Gasteiger partial charge in [0.1, 0.15) is 0 Å². The molecule has 292 valence electrons. The lowest BCUT2D eigenvalue weighted by Crippen LogP contribution is -2.45. The maximum atomic E-state index is 12.7. The van der Waals surface area contributed by atoms with Crippen molar-refractivity contribution in [3.8, 4) is 0 Å². The monoisotopic (exact) mass is 725 g/mol. The first-order valence-corrected chi connectivity index (χ1v) is 21.8. The largest absolute Gasteiger partial charge is 0.472 e. The third-order valence-electron chi connectivity index (χ3n) is 8.60. The second kappa shape index (κ2) is 37.2. The third kappa shape index (κ3) is 34.9. The lowest BCUT2D eigenvalue weighted by Gasteiger charge is -2.23. The summed E-state index contributed by atoms with van der Waals surface area (Å²) >= 11 is 0. The summed E-state index contributed by atoms with van der Waals surface area (Å²) in [5.74, 6) is -0.219. The van der Waals surface area contributed by atoms with Crippen molar-refractivity contribution in [3.05, 3.63) is 48.6 Å². The molecule has 0 saturated heterocycles. The van der Waals surface area contributed by atoms with Crippen LogP contribution in [0.5, 0.6) is 0 Å². The Hall–Kier alpha value is -1.54. The SMILES string of the molecule is CCCCCCCC/C=C\CCCCCCCC(=O)NC(COP(=O)(O)OCCN)C(O)/C=C/CC/C=C/CC/C=C/CCCCCCCC. The number of nitrogens with two attached hydrogens (primary N) is 1. The Labute approximate surface area is 307 Å². The van der Waals surface area contributed by atoms with Gasteiger partial charge in [-0.15, -0.1) is 0 Å². The van der Waals surface area contributed by atoms with E-state index in [0.29, 0.717) is 6.42 Å². The zero-order valence-electron chi connectivity index (χ0n) is 32.1. The summed E-state index contributed by atoms with van der Waals surface area (Å²) in [4.78, 5) is 22.6. The topological polar surface area (TPSA) is 131 Å². The van der Waals surface area contributed by atoms with Crippen molar-refractivity contribution in [3.63, 3.8) is 0 Å². The second-order valence-corrected chi connectivity index (χ2v) is 14.9. The minimum atomic E-state index is -4.35. The molecule has 0 saturated carbocycles. The Morgan fingerprint density at radius 3 is 1.54 bits per heavy atom. The van der Waals surface area contributed by atoms with Crippen molar-refractivity contribution in [2.45, 2.75) is 187 Å². The van der Waals surface area contributed by atoms with Crippen LogP contribution in [0.2, 0.25) is 0 Å². The van der Waals surface area contributed by atoms with Crippen LogP contribution in [0.4, 0.5) is 0 Å². The van der Waals surface area contributed by atoms with E-state index in [1.54, 1.807) is 6.08 Å². The highest BCUT2D eigenvalue weighted by Gasteiger charge is 2.26. The number of hydrogen-bond acceptors (Lipinski definition) is 6. The van der Waals surface area contributed by atoms with Gasteiger partial charge in [0.15, 0.2) is 0 Å². The van der Waals surface area contributed by atoms with Crippen molar-refractivity contribution in [2.24, 2.45) is 5.73 Å². The van der Waals surface area contributed by atoms with Crippen molar-refractivity contribution in [1.82, 2.24) is 5.32 Å². The molecule has 0 aliphatic carbocycles. The molecule has 8 nitrogen and oxygen atoms in total. The van der Waals surface area contributed by atoms with E-state index in [9.17, 15) is 19.4 Å². The van der Waals surface area contributed by atoms with Gasteiger partial charge in [-0.25, -0.2) is 4.57 Å². The second-order valence-electron chi connectivity index (χ2n) is 13.5. The normalized spacial score (nSPS) is 14.7. The summed E-state index contributed by atoms with van der Waals surface area (Å²) in [5, 5.41) is 13.6. The van der Waals surface area contributed by atoms with Crippen LogP contribution in [0, 0.1) is 0 Å². The zero-order valence-corrected chi connectivity index (χ0v) is 33.0. The summed E-state index contributed by atoms with van der Waals surface area (Å²) < 4.78 is 22.0. The molecule has 5 N–H and O–H groups in total. The Morgan fingerprint density at radius 1 is 0.640 bits per heavy atom. The molecule has 0 bridgehead atoms. The number of phosphoric acid groups is 1. The number of aliphatic hydroxyl groups excluding tert-OH is 1. The third-order valence-corrected chi connectivity index (χ3v) is 9.59. The summed E-state index contributed by atoms with van der Waals surface area (Å²) in [6.07, 6.45) is 44.4. The molecular formula is C41H77N2O6P. The fourth-order valence-electron chi connectivity index (χ4n) is 5.51. The Balaban J connectivity index is 4.38. The standard InChI is InChI=1S/C41H77N2O6P/c1-3-5-7-9-11-13-15-17-19-21-22-24-26-28-30-32-34-40(44)39(38-49-50(46,47)48-37-36-42)43-41(45)35-33-31-29-27-25-23-20-18-16-14-12-10-8-6-4-2/h17-20,24,26,32,34,39-40,44H,3-16,21-23,25,27-31,33,35-38,42H2,1-2H3,(H,43,45)(H,46,47)/b19-17+,20-18-,26-24+,34-32+. The van der Waals surface area contributed by atoms with Crippen LogP contribution >= 0.6 is 7.82 Å². The quantitative estimate of drug-likeness (QED) is 0.0285.